The number of nitrogens with zero attached hydrogens (tertiary/aromatic N) is 1. The van der Waals surface area contributed by atoms with E-state index in [0.717, 1.165) is 4.90 Å². The van der Waals surface area contributed by atoms with Crippen LogP contribution in [0.25, 0.3) is 6.08 Å². The van der Waals surface area contributed by atoms with Gasteiger partial charge in [-0.2, -0.15) is 0 Å². The number of para-hydroxylation sites is 3. The van der Waals surface area contributed by atoms with E-state index in [-0.39, 0.29) is 17.9 Å². The number of anilines is 2. The van der Waals surface area contributed by atoms with Gasteiger partial charge < -0.3 is 14.8 Å². The van der Waals surface area contributed by atoms with Gasteiger partial charge in [0.2, 0.25) is 0 Å². The third kappa shape index (κ3) is 5.10. The molecule has 0 atom stereocenters. The van der Waals surface area contributed by atoms with Crippen LogP contribution in [-0.2, 0) is 14.4 Å². The molecule has 4 rings (SSSR count). The van der Waals surface area contributed by atoms with Crippen LogP contribution in [0.1, 0.15) is 11.1 Å². The molecule has 1 aliphatic heterocycles. The average Bonchev–Trinajstić information content (AvgIpc) is 2.87. The highest BCUT2D eigenvalue weighted by Crippen LogP contribution is 2.34. The summed E-state index contributed by atoms with van der Waals surface area (Å²) in [6.07, 6.45) is 1.31. The van der Waals surface area contributed by atoms with Crippen LogP contribution in [0.3, 0.4) is 0 Å². The lowest BCUT2D eigenvalue weighted by Gasteiger charge is -2.27. The Morgan fingerprint density at radius 2 is 1.69 bits per heavy atom. The monoisotopic (exact) mass is 485 g/mol. The minimum absolute atomic E-state index is 0.163. The Bertz CT molecular complexity index is 1370. The number of urea groups is 1. The summed E-state index contributed by atoms with van der Waals surface area (Å²) >= 11 is 0. The maximum Gasteiger partial charge on any atom is 0.335 e. The molecular formula is C27H23N3O6. The van der Waals surface area contributed by atoms with Crippen LogP contribution in [0, 0.1) is 6.92 Å². The average molecular weight is 485 g/mol. The Balaban J connectivity index is 1.64. The normalized spacial score (nSPS) is 14.4. The van der Waals surface area contributed by atoms with Gasteiger partial charge in [0.05, 0.1) is 12.8 Å². The molecule has 0 aliphatic carbocycles. The highest BCUT2D eigenvalue weighted by Gasteiger charge is 2.37. The van der Waals surface area contributed by atoms with Gasteiger partial charge in [0, 0.05) is 11.3 Å². The number of hydrogen-bond donors (Lipinski definition) is 2. The zero-order valence-electron chi connectivity index (χ0n) is 19.6. The molecule has 1 heterocycles. The molecule has 2 N–H and O–H groups in total. The molecule has 9 heteroatoms. The Morgan fingerprint density at radius 1 is 0.972 bits per heavy atom. The molecular weight excluding hydrogens is 462 g/mol. The largest absolute Gasteiger partial charge is 0.493 e. The van der Waals surface area contributed by atoms with E-state index in [2.05, 4.69) is 10.6 Å². The summed E-state index contributed by atoms with van der Waals surface area (Å²) in [7, 11) is 1.43. The number of imide groups is 2. The predicted octanol–water partition coefficient (Wildman–Crippen LogP) is 3.69. The fourth-order valence-electron chi connectivity index (χ4n) is 3.66. The van der Waals surface area contributed by atoms with E-state index in [9.17, 15) is 19.2 Å². The van der Waals surface area contributed by atoms with E-state index in [4.69, 9.17) is 9.47 Å². The van der Waals surface area contributed by atoms with E-state index in [1.807, 2.05) is 6.07 Å². The lowest BCUT2D eigenvalue weighted by molar-refractivity contribution is -0.122. The number of carbonyl (C=O) groups is 4. The Morgan fingerprint density at radius 3 is 2.42 bits per heavy atom. The second-order valence-electron chi connectivity index (χ2n) is 7.83. The van der Waals surface area contributed by atoms with Gasteiger partial charge >= 0.3 is 6.03 Å². The van der Waals surface area contributed by atoms with Crippen molar-refractivity contribution in [2.45, 2.75) is 6.92 Å². The Hall–Kier alpha value is -4.92. The van der Waals surface area contributed by atoms with Crippen molar-refractivity contribution in [3.63, 3.8) is 0 Å². The maximum absolute atomic E-state index is 13.3. The van der Waals surface area contributed by atoms with E-state index in [1.165, 1.54) is 13.2 Å². The van der Waals surface area contributed by atoms with Crippen LogP contribution < -0.4 is 25.0 Å². The van der Waals surface area contributed by atoms with Crippen molar-refractivity contribution in [1.29, 1.82) is 0 Å². The first-order valence-electron chi connectivity index (χ1n) is 11.0. The SMILES string of the molecule is COc1cccc(/C=C2\C(=O)NC(=O)N(c3ccccc3C)C2=O)c1OCC(=O)Nc1ccccc1. The Kier molecular flexibility index (Phi) is 7.10. The first kappa shape index (κ1) is 24.2. The number of hydrogen-bond acceptors (Lipinski definition) is 6. The van der Waals surface area contributed by atoms with Gasteiger partial charge in [0.1, 0.15) is 5.57 Å². The Labute approximate surface area is 207 Å². The van der Waals surface area contributed by atoms with Crippen molar-refractivity contribution in [2.75, 3.05) is 23.9 Å². The fourth-order valence-corrected chi connectivity index (χ4v) is 3.66. The zero-order valence-corrected chi connectivity index (χ0v) is 19.6. The molecule has 182 valence electrons. The third-order valence-corrected chi connectivity index (χ3v) is 5.39. The molecule has 0 spiro atoms. The summed E-state index contributed by atoms with van der Waals surface area (Å²) in [5.41, 5.74) is 1.70. The minimum Gasteiger partial charge on any atom is -0.493 e. The van der Waals surface area contributed by atoms with Gasteiger partial charge in [-0.25, -0.2) is 9.69 Å². The van der Waals surface area contributed by atoms with Crippen molar-refractivity contribution in [3.8, 4) is 11.5 Å². The molecule has 5 amide bonds. The fraction of sp³-hybridized carbons (Fsp3) is 0.111. The molecule has 9 nitrogen and oxygen atoms in total. The number of barbiturate groups is 1. The van der Waals surface area contributed by atoms with Gasteiger partial charge in [0.25, 0.3) is 17.7 Å². The van der Waals surface area contributed by atoms with Crippen LogP contribution in [0.2, 0.25) is 0 Å². The van der Waals surface area contributed by atoms with Crippen LogP contribution >= 0.6 is 0 Å². The lowest BCUT2D eigenvalue weighted by Crippen LogP contribution is -2.54. The number of benzene rings is 3. The second kappa shape index (κ2) is 10.6. The summed E-state index contributed by atoms with van der Waals surface area (Å²) in [6.45, 7) is 1.41. The van der Waals surface area contributed by atoms with Crippen molar-refractivity contribution < 1.29 is 28.7 Å². The lowest BCUT2D eigenvalue weighted by atomic mass is 10.0. The molecule has 3 aromatic rings. The molecule has 0 aromatic heterocycles. The quantitative estimate of drug-likeness (QED) is 0.390. The predicted molar refractivity (Wildman–Crippen MR) is 134 cm³/mol. The summed E-state index contributed by atoms with van der Waals surface area (Å²) in [5.74, 6) is -1.57. The van der Waals surface area contributed by atoms with Gasteiger partial charge in [-0.1, -0.05) is 48.5 Å². The molecule has 0 radical (unpaired) electrons. The summed E-state index contributed by atoms with van der Waals surface area (Å²) in [6, 6.07) is 19.8. The molecule has 0 saturated carbocycles. The highest BCUT2D eigenvalue weighted by atomic mass is 16.5. The van der Waals surface area contributed by atoms with E-state index >= 15 is 0 Å². The molecule has 0 unspecified atom stereocenters. The molecule has 1 fully saturated rings. The van der Waals surface area contributed by atoms with Crippen LogP contribution in [0.15, 0.2) is 78.4 Å². The van der Waals surface area contributed by atoms with E-state index in [0.29, 0.717) is 28.3 Å². The number of rotatable bonds is 7. The number of methoxy groups -OCH3 is 1. The summed E-state index contributed by atoms with van der Waals surface area (Å²) < 4.78 is 11.1. The van der Waals surface area contributed by atoms with Gasteiger partial charge in [0.15, 0.2) is 18.1 Å². The van der Waals surface area contributed by atoms with Crippen molar-refractivity contribution in [3.05, 3.63) is 89.5 Å². The smallest absolute Gasteiger partial charge is 0.335 e. The molecule has 36 heavy (non-hydrogen) atoms. The first-order valence-corrected chi connectivity index (χ1v) is 11.0. The number of ether oxygens (including phenoxy) is 2. The van der Waals surface area contributed by atoms with Gasteiger partial charge in [-0.3, -0.25) is 19.7 Å². The number of nitrogens with one attached hydrogen (secondary N) is 2. The maximum atomic E-state index is 13.3. The third-order valence-electron chi connectivity index (χ3n) is 5.39. The minimum atomic E-state index is -0.842. The van der Waals surface area contributed by atoms with Gasteiger partial charge in [-0.05, 0) is 42.8 Å². The molecule has 3 aromatic carbocycles. The first-order chi connectivity index (χ1) is 17.4. The van der Waals surface area contributed by atoms with E-state index in [1.54, 1.807) is 73.7 Å². The van der Waals surface area contributed by atoms with Crippen molar-refractivity contribution in [1.82, 2.24) is 5.32 Å². The van der Waals surface area contributed by atoms with Gasteiger partial charge in [-0.15, -0.1) is 0 Å². The molecule has 1 saturated heterocycles. The number of amides is 5. The highest BCUT2D eigenvalue weighted by molar-refractivity contribution is 6.39. The topological polar surface area (TPSA) is 114 Å². The summed E-state index contributed by atoms with van der Waals surface area (Å²) in [5, 5.41) is 4.92. The van der Waals surface area contributed by atoms with Crippen LogP contribution in [0.4, 0.5) is 16.2 Å². The molecule has 1 aliphatic rings. The van der Waals surface area contributed by atoms with Crippen LogP contribution in [0.5, 0.6) is 11.5 Å². The number of carbonyl (C=O) groups excluding carboxylic acids is 4. The molecule has 0 bridgehead atoms. The zero-order chi connectivity index (χ0) is 25.7. The second-order valence-corrected chi connectivity index (χ2v) is 7.83. The number of aryl methyl sites for hydroxylation is 1. The summed E-state index contributed by atoms with van der Waals surface area (Å²) in [4.78, 5) is 51.7. The van der Waals surface area contributed by atoms with Crippen molar-refractivity contribution >= 4 is 41.2 Å². The standard InChI is InChI=1S/C27H23N3O6/c1-17-9-6-7-13-21(17)30-26(33)20(25(32)29-27(30)34)15-18-10-8-14-22(35-2)24(18)36-16-23(31)28-19-11-4-3-5-12-19/h3-15H,16H2,1-2H3,(H,28,31)(H,29,32,34)/b20-15+. The van der Waals surface area contributed by atoms with Crippen molar-refractivity contribution in [2.24, 2.45) is 0 Å². The van der Waals surface area contributed by atoms with E-state index < -0.39 is 23.8 Å². The van der Waals surface area contributed by atoms with Crippen LogP contribution in [-0.4, -0.2) is 37.5 Å².